The number of hydrogen-bond donors (Lipinski definition) is 1. The molecular formula is C22H18Cl2N2O. The summed E-state index contributed by atoms with van der Waals surface area (Å²) in [6.07, 6.45) is 0. The van der Waals surface area contributed by atoms with Crippen LogP contribution in [0.3, 0.4) is 0 Å². The molecule has 27 heavy (non-hydrogen) atoms. The molecule has 0 amide bonds. The number of ether oxygens (including phenoxy) is 1. The molecule has 4 rings (SSSR count). The highest BCUT2D eigenvalue weighted by molar-refractivity contribution is 6.30. The Kier molecular flexibility index (Phi) is 5.06. The Morgan fingerprint density at radius 2 is 1.41 bits per heavy atom. The third kappa shape index (κ3) is 3.66. The van der Waals surface area contributed by atoms with Gasteiger partial charge in [0.05, 0.1) is 18.7 Å². The van der Waals surface area contributed by atoms with Crippen molar-refractivity contribution in [1.82, 2.24) is 5.32 Å². The summed E-state index contributed by atoms with van der Waals surface area (Å²) in [7, 11) is 1.67. The molecule has 0 spiro atoms. The number of nitrogens with zero attached hydrogens (tertiary/aromatic N) is 1. The lowest BCUT2D eigenvalue weighted by atomic mass is 9.95. The molecule has 2 unspecified atom stereocenters. The normalized spacial score (nSPS) is 18.7. The first-order valence-corrected chi connectivity index (χ1v) is 9.40. The summed E-state index contributed by atoms with van der Waals surface area (Å²) in [6.45, 7) is 0. The zero-order valence-corrected chi connectivity index (χ0v) is 16.2. The van der Waals surface area contributed by atoms with Crippen LogP contribution in [0.25, 0.3) is 0 Å². The van der Waals surface area contributed by atoms with E-state index in [0.29, 0.717) is 10.0 Å². The highest BCUT2D eigenvalue weighted by Crippen LogP contribution is 2.38. The number of hydrogen-bond acceptors (Lipinski definition) is 3. The first kappa shape index (κ1) is 17.9. The second kappa shape index (κ2) is 7.63. The van der Waals surface area contributed by atoms with Gasteiger partial charge >= 0.3 is 0 Å². The minimum absolute atomic E-state index is 0.0108. The van der Waals surface area contributed by atoms with Crippen molar-refractivity contribution in [2.45, 2.75) is 12.1 Å². The van der Waals surface area contributed by atoms with Gasteiger partial charge in [-0.25, -0.2) is 0 Å². The molecule has 0 fully saturated rings. The number of methoxy groups -OCH3 is 1. The Balaban J connectivity index is 1.77. The number of benzene rings is 3. The van der Waals surface area contributed by atoms with Crippen LogP contribution in [0.5, 0.6) is 5.75 Å². The van der Waals surface area contributed by atoms with Gasteiger partial charge in [0, 0.05) is 10.0 Å². The average molecular weight is 397 g/mol. The van der Waals surface area contributed by atoms with E-state index in [-0.39, 0.29) is 12.1 Å². The Hall–Kier alpha value is -2.49. The number of rotatable bonds is 4. The third-order valence-electron chi connectivity index (χ3n) is 4.68. The molecule has 3 nitrogen and oxygen atoms in total. The van der Waals surface area contributed by atoms with Gasteiger partial charge in [-0.15, -0.1) is 0 Å². The Morgan fingerprint density at radius 3 is 2.04 bits per heavy atom. The number of nitrogens with one attached hydrogen (secondary N) is 1. The van der Waals surface area contributed by atoms with Crippen LogP contribution in [0.4, 0.5) is 0 Å². The fourth-order valence-corrected chi connectivity index (χ4v) is 3.58. The van der Waals surface area contributed by atoms with Gasteiger partial charge in [0.15, 0.2) is 0 Å². The topological polar surface area (TPSA) is 33.6 Å². The summed E-state index contributed by atoms with van der Waals surface area (Å²) in [5.41, 5.74) is 3.15. The maximum Gasteiger partial charge on any atom is 0.133 e. The quantitative estimate of drug-likeness (QED) is 0.601. The van der Waals surface area contributed by atoms with Crippen molar-refractivity contribution in [3.63, 3.8) is 0 Å². The van der Waals surface area contributed by atoms with Crippen LogP contribution in [0, 0.1) is 0 Å². The van der Waals surface area contributed by atoms with Crippen molar-refractivity contribution < 1.29 is 4.74 Å². The van der Waals surface area contributed by atoms with Gasteiger partial charge in [0.1, 0.15) is 17.6 Å². The first-order valence-electron chi connectivity index (χ1n) is 8.64. The molecular weight excluding hydrogens is 379 g/mol. The summed E-state index contributed by atoms with van der Waals surface area (Å²) in [5.74, 6) is 1.60. The predicted molar refractivity (Wildman–Crippen MR) is 111 cm³/mol. The van der Waals surface area contributed by atoms with Gasteiger partial charge in [-0.1, -0.05) is 59.6 Å². The number of para-hydroxylation sites is 1. The molecule has 1 aliphatic rings. The van der Waals surface area contributed by atoms with Crippen molar-refractivity contribution in [3.8, 4) is 5.75 Å². The summed E-state index contributed by atoms with van der Waals surface area (Å²) >= 11 is 12.1. The molecule has 0 bridgehead atoms. The molecule has 2 atom stereocenters. The standard InChI is InChI=1S/C22H18Cl2N2O/c1-27-19-5-3-2-4-18(19)22-25-20(14-6-10-16(23)11-7-14)21(26-22)15-8-12-17(24)13-9-15/h2-13,20-21H,1H3,(H,25,26). The van der Waals surface area contributed by atoms with E-state index < -0.39 is 0 Å². The molecule has 0 aromatic heterocycles. The largest absolute Gasteiger partial charge is 0.496 e. The molecule has 3 aromatic carbocycles. The molecule has 0 saturated carbocycles. The lowest BCUT2D eigenvalue weighted by Crippen LogP contribution is -2.25. The van der Waals surface area contributed by atoms with E-state index in [2.05, 4.69) is 5.32 Å². The third-order valence-corrected chi connectivity index (χ3v) is 5.18. The minimum Gasteiger partial charge on any atom is -0.496 e. The molecule has 1 heterocycles. The van der Waals surface area contributed by atoms with Gasteiger partial charge in [-0.3, -0.25) is 4.99 Å². The smallest absolute Gasteiger partial charge is 0.133 e. The lowest BCUT2D eigenvalue weighted by molar-refractivity contribution is 0.413. The fourth-order valence-electron chi connectivity index (χ4n) is 3.33. The zero-order chi connectivity index (χ0) is 18.8. The van der Waals surface area contributed by atoms with Crippen LogP contribution < -0.4 is 10.1 Å². The van der Waals surface area contributed by atoms with E-state index in [1.165, 1.54) is 0 Å². The second-order valence-electron chi connectivity index (χ2n) is 6.35. The molecule has 5 heteroatoms. The van der Waals surface area contributed by atoms with Gasteiger partial charge in [0.25, 0.3) is 0 Å². The van der Waals surface area contributed by atoms with E-state index in [1.54, 1.807) is 7.11 Å². The molecule has 0 saturated heterocycles. The van der Waals surface area contributed by atoms with Gasteiger partial charge < -0.3 is 10.1 Å². The number of halogens is 2. The maximum atomic E-state index is 6.07. The Bertz CT molecular complexity index is 968. The minimum atomic E-state index is -0.0802. The maximum absolute atomic E-state index is 6.07. The highest BCUT2D eigenvalue weighted by Gasteiger charge is 2.32. The van der Waals surface area contributed by atoms with Crippen LogP contribution in [-0.4, -0.2) is 12.9 Å². The van der Waals surface area contributed by atoms with Crippen molar-refractivity contribution >= 4 is 29.0 Å². The summed E-state index contributed by atoms with van der Waals surface area (Å²) in [6, 6.07) is 23.5. The highest BCUT2D eigenvalue weighted by atomic mass is 35.5. The van der Waals surface area contributed by atoms with E-state index in [9.17, 15) is 0 Å². The molecule has 1 aliphatic heterocycles. The van der Waals surface area contributed by atoms with Crippen LogP contribution in [0.15, 0.2) is 77.8 Å². The fraction of sp³-hybridized carbons (Fsp3) is 0.136. The van der Waals surface area contributed by atoms with Crippen molar-refractivity contribution in [3.05, 3.63) is 99.5 Å². The Labute approximate surface area is 168 Å². The summed E-state index contributed by atoms with van der Waals surface area (Å²) < 4.78 is 5.52. The second-order valence-corrected chi connectivity index (χ2v) is 7.22. The SMILES string of the molecule is COc1ccccc1C1=NC(c2ccc(Cl)cc2)C(c2ccc(Cl)cc2)N1. The van der Waals surface area contributed by atoms with Crippen LogP contribution in [-0.2, 0) is 0 Å². The average Bonchev–Trinajstić information content (AvgIpc) is 3.14. The monoisotopic (exact) mass is 396 g/mol. The van der Waals surface area contributed by atoms with Crippen molar-refractivity contribution in [2.75, 3.05) is 7.11 Å². The molecule has 0 radical (unpaired) electrons. The summed E-state index contributed by atoms with van der Waals surface area (Å²) in [4.78, 5) is 5.00. The molecule has 1 N–H and O–H groups in total. The summed E-state index contributed by atoms with van der Waals surface area (Å²) in [5, 5.41) is 5.00. The lowest BCUT2D eigenvalue weighted by Gasteiger charge is -2.20. The zero-order valence-electron chi connectivity index (χ0n) is 14.7. The van der Waals surface area contributed by atoms with Crippen LogP contribution >= 0.6 is 23.2 Å². The van der Waals surface area contributed by atoms with Gasteiger partial charge in [-0.05, 0) is 47.5 Å². The number of aliphatic imine (C=N–C) groups is 1. The molecule has 0 aliphatic carbocycles. The van der Waals surface area contributed by atoms with Crippen molar-refractivity contribution in [2.24, 2.45) is 4.99 Å². The van der Waals surface area contributed by atoms with Crippen LogP contribution in [0.1, 0.15) is 28.8 Å². The Morgan fingerprint density at radius 1 is 0.815 bits per heavy atom. The first-order chi connectivity index (χ1) is 13.2. The van der Waals surface area contributed by atoms with E-state index in [4.69, 9.17) is 32.9 Å². The number of amidine groups is 1. The van der Waals surface area contributed by atoms with E-state index in [0.717, 1.165) is 28.3 Å². The van der Waals surface area contributed by atoms with E-state index in [1.807, 2.05) is 72.8 Å². The predicted octanol–water partition coefficient (Wildman–Crippen LogP) is 5.83. The van der Waals surface area contributed by atoms with Crippen molar-refractivity contribution in [1.29, 1.82) is 0 Å². The van der Waals surface area contributed by atoms with Gasteiger partial charge in [0.2, 0.25) is 0 Å². The van der Waals surface area contributed by atoms with E-state index >= 15 is 0 Å². The molecule has 136 valence electrons. The van der Waals surface area contributed by atoms with Crippen LogP contribution in [0.2, 0.25) is 10.0 Å². The van der Waals surface area contributed by atoms with Gasteiger partial charge in [-0.2, -0.15) is 0 Å². The molecule has 3 aromatic rings.